The summed E-state index contributed by atoms with van der Waals surface area (Å²) < 4.78 is 0. The summed E-state index contributed by atoms with van der Waals surface area (Å²) in [6.07, 6.45) is 1.75. The number of hydrogen-bond donors (Lipinski definition) is 1. The standard InChI is InChI=1S/C14H14N2O/c1-10(13-8-4-5-9-16-13)11-6-2-3-7-12(11)14(15)17/h2-10H,1H3,(H2,15,17). The average Bonchev–Trinajstić information content (AvgIpc) is 2.39. The molecule has 0 aliphatic heterocycles. The van der Waals surface area contributed by atoms with E-state index in [9.17, 15) is 4.79 Å². The second-order valence-electron chi connectivity index (χ2n) is 3.93. The van der Waals surface area contributed by atoms with Crippen LogP contribution in [-0.2, 0) is 0 Å². The maximum Gasteiger partial charge on any atom is 0.248 e. The largest absolute Gasteiger partial charge is 0.366 e. The number of carbonyl (C=O) groups is 1. The topological polar surface area (TPSA) is 56.0 Å². The third kappa shape index (κ3) is 2.33. The molecule has 0 radical (unpaired) electrons. The molecule has 17 heavy (non-hydrogen) atoms. The molecule has 1 atom stereocenters. The quantitative estimate of drug-likeness (QED) is 0.873. The number of nitrogens with zero attached hydrogens (tertiary/aromatic N) is 1. The molecule has 2 rings (SSSR count). The Balaban J connectivity index is 2.44. The van der Waals surface area contributed by atoms with E-state index in [0.29, 0.717) is 5.56 Å². The zero-order valence-electron chi connectivity index (χ0n) is 9.63. The second-order valence-corrected chi connectivity index (χ2v) is 3.93. The van der Waals surface area contributed by atoms with Crippen LogP contribution in [0.2, 0.25) is 0 Å². The van der Waals surface area contributed by atoms with E-state index in [1.807, 2.05) is 43.3 Å². The summed E-state index contributed by atoms with van der Waals surface area (Å²) in [5.41, 5.74) is 7.78. The molecule has 1 aromatic heterocycles. The molecule has 3 nitrogen and oxygen atoms in total. The Kier molecular flexibility index (Phi) is 3.19. The van der Waals surface area contributed by atoms with Crippen molar-refractivity contribution < 1.29 is 4.79 Å². The van der Waals surface area contributed by atoms with Crippen LogP contribution in [0.15, 0.2) is 48.7 Å². The van der Waals surface area contributed by atoms with Gasteiger partial charge in [-0.2, -0.15) is 0 Å². The van der Waals surface area contributed by atoms with Gasteiger partial charge in [0.25, 0.3) is 0 Å². The summed E-state index contributed by atoms with van der Waals surface area (Å²) in [7, 11) is 0. The van der Waals surface area contributed by atoms with Crippen molar-refractivity contribution in [2.75, 3.05) is 0 Å². The zero-order valence-corrected chi connectivity index (χ0v) is 9.63. The number of aromatic nitrogens is 1. The van der Waals surface area contributed by atoms with Gasteiger partial charge in [-0.3, -0.25) is 9.78 Å². The first-order valence-electron chi connectivity index (χ1n) is 5.50. The molecule has 0 saturated heterocycles. The van der Waals surface area contributed by atoms with Gasteiger partial charge in [0.2, 0.25) is 5.91 Å². The summed E-state index contributed by atoms with van der Waals surface area (Å²) in [4.78, 5) is 15.7. The highest BCUT2D eigenvalue weighted by Crippen LogP contribution is 2.24. The van der Waals surface area contributed by atoms with Crippen LogP contribution in [0.4, 0.5) is 0 Å². The van der Waals surface area contributed by atoms with E-state index >= 15 is 0 Å². The van der Waals surface area contributed by atoms with E-state index in [1.165, 1.54) is 0 Å². The number of primary amides is 1. The van der Waals surface area contributed by atoms with Gasteiger partial charge in [0.05, 0.1) is 0 Å². The summed E-state index contributed by atoms with van der Waals surface area (Å²) >= 11 is 0. The van der Waals surface area contributed by atoms with Crippen LogP contribution >= 0.6 is 0 Å². The highest BCUT2D eigenvalue weighted by Gasteiger charge is 2.15. The number of pyridine rings is 1. The minimum absolute atomic E-state index is 0.0555. The van der Waals surface area contributed by atoms with Crippen molar-refractivity contribution in [3.8, 4) is 0 Å². The second kappa shape index (κ2) is 4.78. The van der Waals surface area contributed by atoms with Gasteiger partial charge in [0.1, 0.15) is 0 Å². The Morgan fingerprint density at radius 1 is 1.18 bits per heavy atom. The van der Waals surface area contributed by atoms with Crippen molar-refractivity contribution in [3.05, 3.63) is 65.5 Å². The molecule has 0 aliphatic carbocycles. The molecule has 86 valence electrons. The van der Waals surface area contributed by atoms with Crippen molar-refractivity contribution >= 4 is 5.91 Å². The van der Waals surface area contributed by atoms with E-state index in [1.54, 1.807) is 12.3 Å². The molecule has 2 aromatic rings. The third-order valence-electron chi connectivity index (χ3n) is 2.82. The minimum atomic E-state index is -0.400. The number of carbonyl (C=O) groups excluding carboxylic acids is 1. The van der Waals surface area contributed by atoms with Crippen LogP contribution in [0.1, 0.15) is 34.5 Å². The van der Waals surface area contributed by atoms with Crippen LogP contribution in [0.3, 0.4) is 0 Å². The highest BCUT2D eigenvalue weighted by atomic mass is 16.1. The maximum atomic E-state index is 11.4. The van der Waals surface area contributed by atoms with Crippen molar-refractivity contribution in [3.63, 3.8) is 0 Å². The van der Waals surface area contributed by atoms with Crippen LogP contribution in [0.25, 0.3) is 0 Å². The molecule has 2 N–H and O–H groups in total. The van der Waals surface area contributed by atoms with Crippen molar-refractivity contribution in [1.29, 1.82) is 0 Å². The SMILES string of the molecule is CC(c1ccccn1)c1ccccc1C(N)=O. The van der Waals surface area contributed by atoms with Crippen molar-refractivity contribution in [2.24, 2.45) is 5.73 Å². The summed E-state index contributed by atoms with van der Waals surface area (Å²) in [5.74, 6) is -0.344. The Labute approximate surface area is 100 Å². The van der Waals surface area contributed by atoms with Crippen molar-refractivity contribution in [1.82, 2.24) is 4.98 Å². The summed E-state index contributed by atoms with van der Waals surface area (Å²) in [6.45, 7) is 2.02. The molecule has 0 spiro atoms. The normalized spacial score (nSPS) is 12.1. The number of benzene rings is 1. The predicted octanol–water partition coefficient (Wildman–Crippen LogP) is 2.33. The van der Waals surface area contributed by atoms with E-state index in [-0.39, 0.29) is 5.92 Å². The molecule has 1 unspecified atom stereocenters. The van der Waals surface area contributed by atoms with E-state index in [2.05, 4.69) is 4.98 Å². The van der Waals surface area contributed by atoms with Crippen LogP contribution in [0.5, 0.6) is 0 Å². The fourth-order valence-corrected chi connectivity index (χ4v) is 1.89. The number of amides is 1. The number of rotatable bonds is 3. The van der Waals surface area contributed by atoms with E-state index in [0.717, 1.165) is 11.3 Å². The molecular formula is C14H14N2O. The van der Waals surface area contributed by atoms with E-state index < -0.39 is 5.91 Å². The van der Waals surface area contributed by atoms with Gasteiger partial charge in [-0.15, -0.1) is 0 Å². The molecule has 1 heterocycles. The molecule has 0 aliphatic rings. The van der Waals surface area contributed by atoms with Gasteiger partial charge in [-0.1, -0.05) is 31.2 Å². The van der Waals surface area contributed by atoms with Gasteiger partial charge >= 0.3 is 0 Å². The van der Waals surface area contributed by atoms with Gasteiger partial charge in [-0.05, 0) is 23.8 Å². The molecule has 0 fully saturated rings. The lowest BCUT2D eigenvalue weighted by atomic mass is 9.92. The first-order valence-corrected chi connectivity index (χ1v) is 5.50. The Morgan fingerprint density at radius 3 is 2.53 bits per heavy atom. The van der Waals surface area contributed by atoms with Gasteiger partial charge in [0.15, 0.2) is 0 Å². The highest BCUT2D eigenvalue weighted by molar-refractivity contribution is 5.94. The fraction of sp³-hybridized carbons (Fsp3) is 0.143. The Morgan fingerprint density at radius 2 is 1.88 bits per heavy atom. The first kappa shape index (κ1) is 11.3. The predicted molar refractivity (Wildman–Crippen MR) is 66.7 cm³/mol. The van der Waals surface area contributed by atoms with Crippen molar-refractivity contribution in [2.45, 2.75) is 12.8 Å². The smallest absolute Gasteiger partial charge is 0.248 e. The molecule has 3 heteroatoms. The lowest BCUT2D eigenvalue weighted by molar-refractivity contribution is 0.0999. The van der Waals surface area contributed by atoms with Crippen LogP contribution < -0.4 is 5.73 Å². The zero-order chi connectivity index (χ0) is 12.3. The Bertz CT molecular complexity index is 523. The molecule has 1 aromatic carbocycles. The molecular weight excluding hydrogens is 212 g/mol. The monoisotopic (exact) mass is 226 g/mol. The summed E-state index contributed by atoms with van der Waals surface area (Å²) in [6, 6.07) is 13.1. The third-order valence-corrected chi connectivity index (χ3v) is 2.82. The van der Waals surface area contributed by atoms with Gasteiger partial charge < -0.3 is 5.73 Å². The average molecular weight is 226 g/mol. The number of nitrogens with two attached hydrogens (primary N) is 1. The summed E-state index contributed by atoms with van der Waals surface area (Å²) in [5, 5.41) is 0. The van der Waals surface area contributed by atoms with Crippen LogP contribution in [0, 0.1) is 0 Å². The molecule has 0 saturated carbocycles. The first-order chi connectivity index (χ1) is 8.20. The van der Waals surface area contributed by atoms with Gasteiger partial charge in [0, 0.05) is 23.4 Å². The lowest BCUT2D eigenvalue weighted by Gasteiger charge is -2.14. The maximum absolute atomic E-state index is 11.4. The van der Waals surface area contributed by atoms with E-state index in [4.69, 9.17) is 5.73 Å². The number of hydrogen-bond acceptors (Lipinski definition) is 2. The lowest BCUT2D eigenvalue weighted by Crippen LogP contribution is -2.15. The van der Waals surface area contributed by atoms with Gasteiger partial charge in [-0.25, -0.2) is 0 Å². The fourth-order valence-electron chi connectivity index (χ4n) is 1.89. The Hall–Kier alpha value is -2.16. The molecule has 0 bridgehead atoms. The molecule has 1 amide bonds. The van der Waals surface area contributed by atoms with Crippen LogP contribution in [-0.4, -0.2) is 10.9 Å². The minimum Gasteiger partial charge on any atom is -0.366 e.